The molecule has 0 bridgehead atoms. The maximum atomic E-state index is 6.52. The molecule has 0 aliphatic carbocycles. The zero-order chi connectivity index (χ0) is 12.6. The quantitative estimate of drug-likeness (QED) is 0.700. The maximum absolute atomic E-state index is 6.52. The van der Waals surface area contributed by atoms with Crippen LogP contribution in [0, 0.1) is 0 Å². The van der Waals surface area contributed by atoms with Gasteiger partial charge in [-0.25, -0.2) is 0 Å². The van der Waals surface area contributed by atoms with Crippen molar-refractivity contribution in [3.8, 4) is 0 Å². The topological polar surface area (TPSA) is 9.23 Å². The highest BCUT2D eigenvalue weighted by Gasteiger charge is 2.59. The minimum Gasteiger partial charge on any atom is -0.415 e. The lowest BCUT2D eigenvalue weighted by Crippen LogP contribution is -2.53. The molecule has 4 heteroatoms. The summed E-state index contributed by atoms with van der Waals surface area (Å²) in [6, 6.07) is 0. The van der Waals surface area contributed by atoms with E-state index in [0.717, 1.165) is 0 Å². The van der Waals surface area contributed by atoms with E-state index < -0.39 is 8.32 Å². The number of hydrogen-bond acceptors (Lipinski definition) is 1. The number of rotatable bonds is 4. The van der Waals surface area contributed by atoms with E-state index in [1.54, 1.807) is 0 Å². The van der Waals surface area contributed by atoms with Gasteiger partial charge in [0.25, 0.3) is 0 Å². The van der Waals surface area contributed by atoms with Crippen LogP contribution in [0.1, 0.15) is 26.2 Å². The molecular weight excluding hydrogens is 244 g/mol. The normalized spacial score (nSPS) is 27.9. The summed E-state index contributed by atoms with van der Waals surface area (Å²) in [6.07, 6.45) is 4.54. The van der Waals surface area contributed by atoms with Crippen molar-refractivity contribution in [1.29, 1.82) is 0 Å². The third kappa shape index (κ3) is 2.26. The van der Waals surface area contributed by atoms with E-state index in [9.17, 15) is 0 Å². The Labute approximate surface area is 106 Å². The van der Waals surface area contributed by atoms with Crippen LogP contribution in [0.15, 0.2) is 0 Å². The first kappa shape index (κ1) is 14.7. The molecule has 1 aliphatic heterocycles. The van der Waals surface area contributed by atoms with E-state index in [1.165, 1.54) is 19.3 Å². The molecular formula is C12H28OSi3. The molecule has 1 rings (SSSR count). The predicted molar refractivity (Wildman–Crippen MR) is 79.5 cm³/mol. The Bertz CT molecular complexity index is 230. The molecule has 1 heterocycles. The molecule has 0 aromatic carbocycles. The van der Waals surface area contributed by atoms with Crippen molar-refractivity contribution >= 4 is 25.9 Å². The van der Waals surface area contributed by atoms with E-state index in [2.05, 4.69) is 46.2 Å². The summed E-state index contributed by atoms with van der Waals surface area (Å²) in [4.78, 5) is 0. The second-order valence-corrected chi connectivity index (χ2v) is 17.5. The van der Waals surface area contributed by atoms with Gasteiger partial charge in [0.1, 0.15) is 0 Å². The molecule has 1 nitrogen and oxygen atoms in total. The lowest BCUT2D eigenvalue weighted by atomic mass is 10.2. The van der Waals surface area contributed by atoms with E-state index >= 15 is 0 Å². The Balaban J connectivity index is 2.99. The van der Waals surface area contributed by atoms with Crippen LogP contribution in [-0.4, -0.2) is 32.0 Å². The minimum atomic E-state index is -1.46. The molecule has 1 saturated heterocycles. The summed E-state index contributed by atoms with van der Waals surface area (Å²) in [6.45, 7) is 17.3. The Hall–Kier alpha value is 0.611. The summed E-state index contributed by atoms with van der Waals surface area (Å²) in [5.74, 6) is 0. The van der Waals surface area contributed by atoms with Gasteiger partial charge in [-0.2, -0.15) is 0 Å². The van der Waals surface area contributed by atoms with Gasteiger partial charge in [-0.05, 0) is 30.2 Å². The summed E-state index contributed by atoms with van der Waals surface area (Å²) in [7, 11) is -1.95. The Morgan fingerprint density at radius 1 is 1.19 bits per heavy atom. The van der Waals surface area contributed by atoms with Gasteiger partial charge < -0.3 is 4.43 Å². The Morgan fingerprint density at radius 3 is 2.00 bits per heavy atom. The third-order valence-electron chi connectivity index (χ3n) is 4.34. The van der Waals surface area contributed by atoms with Crippen molar-refractivity contribution in [2.24, 2.45) is 0 Å². The van der Waals surface area contributed by atoms with Gasteiger partial charge in [0.2, 0.25) is 0 Å². The lowest BCUT2D eigenvalue weighted by Gasteiger charge is -2.43. The van der Waals surface area contributed by atoms with Crippen LogP contribution in [0.4, 0.5) is 0 Å². The minimum absolute atomic E-state index is 0.246. The van der Waals surface area contributed by atoms with Gasteiger partial charge in [-0.15, -0.1) is 0 Å². The molecule has 1 aliphatic rings. The van der Waals surface area contributed by atoms with Crippen molar-refractivity contribution in [2.45, 2.75) is 75.9 Å². The van der Waals surface area contributed by atoms with Crippen LogP contribution >= 0.6 is 0 Å². The molecule has 1 unspecified atom stereocenters. The first-order chi connectivity index (χ1) is 7.28. The average Bonchev–Trinajstić information content (AvgIpc) is 2.38. The van der Waals surface area contributed by atoms with Crippen LogP contribution in [0.3, 0.4) is 0 Å². The molecule has 1 fully saturated rings. The molecule has 0 N–H and O–H groups in total. The van der Waals surface area contributed by atoms with E-state index in [0.29, 0.717) is 10.4 Å². The van der Waals surface area contributed by atoms with Crippen molar-refractivity contribution in [2.75, 3.05) is 0 Å². The lowest BCUT2D eigenvalue weighted by molar-refractivity contribution is 0.211. The molecule has 0 spiro atoms. The standard InChI is InChI=1S/C12H28OSi3/c1-8-9-11-10-12(14(2)3,15(4)5)16(6,7)13-11/h11H,8-10H2,1-7H3. The smallest absolute Gasteiger partial charge is 0.187 e. The van der Waals surface area contributed by atoms with E-state index in [4.69, 9.17) is 4.43 Å². The molecule has 0 aromatic rings. The van der Waals surface area contributed by atoms with Gasteiger partial charge >= 0.3 is 0 Å². The SMILES string of the molecule is CCCC1CC([Si](C)C)([Si](C)C)[Si](C)(C)O1. The van der Waals surface area contributed by atoms with Crippen LogP contribution < -0.4 is 0 Å². The van der Waals surface area contributed by atoms with Gasteiger partial charge in [-0.3, -0.25) is 0 Å². The molecule has 2 radical (unpaired) electrons. The zero-order valence-electron chi connectivity index (χ0n) is 12.1. The van der Waals surface area contributed by atoms with Crippen LogP contribution in [0.5, 0.6) is 0 Å². The van der Waals surface area contributed by atoms with Crippen molar-refractivity contribution in [1.82, 2.24) is 0 Å². The molecule has 0 amide bonds. The highest BCUT2D eigenvalue weighted by Crippen LogP contribution is 2.54. The molecule has 0 saturated carbocycles. The van der Waals surface area contributed by atoms with Gasteiger partial charge in [0.05, 0.1) is 0 Å². The molecule has 1 atom stereocenters. The molecule has 16 heavy (non-hydrogen) atoms. The first-order valence-corrected chi connectivity index (χ1v) is 14.5. The second kappa shape index (κ2) is 5.08. The fraction of sp³-hybridized carbons (Fsp3) is 1.00. The summed E-state index contributed by atoms with van der Waals surface area (Å²) >= 11 is 0. The average molecular weight is 273 g/mol. The Kier molecular flexibility index (Phi) is 4.66. The van der Waals surface area contributed by atoms with E-state index in [-0.39, 0.29) is 17.6 Å². The monoisotopic (exact) mass is 272 g/mol. The summed E-state index contributed by atoms with van der Waals surface area (Å²) in [5, 5.41) is 0. The van der Waals surface area contributed by atoms with Gasteiger partial charge in [0.15, 0.2) is 8.32 Å². The highest BCUT2D eigenvalue weighted by atomic mass is 28.4. The van der Waals surface area contributed by atoms with E-state index in [1.807, 2.05) is 0 Å². The number of hydrogen-bond donors (Lipinski definition) is 0. The highest BCUT2D eigenvalue weighted by molar-refractivity contribution is 7.03. The van der Waals surface area contributed by atoms with Crippen LogP contribution in [0.25, 0.3) is 0 Å². The van der Waals surface area contributed by atoms with Crippen LogP contribution in [-0.2, 0) is 4.43 Å². The predicted octanol–water partition coefficient (Wildman–Crippen LogP) is 4.11. The second-order valence-electron chi connectivity index (χ2n) is 6.15. The maximum Gasteiger partial charge on any atom is 0.187 e. The fourth-order valence-electron chi connectivity index (χ4n) is 3.74. The Morgan fingerprint density at radius 2 is 1.69 bits per heavy atom. The summed E-state index contributed by atoms with van der Waals surface area (Å²) < 4.78 is 7.20. The van der Waals surface area contributed by atoms with Crippen molar-refractivity contribution in [3.63, 3.8) is 0 Å². The fourth-order valence-corrected chi connectivity index (χ4v) is 21.0. The van der Waals surface area contributed by atoms with Crippen LogP contribution in [0.2, 0.25) is 43.6 Å². The zero-order valence-corrected chi connectivity index (χ0v) is 15.1. The largest absolute Gasteiger partial charge is 0.415 e. The summed E-state index contributed by atoms with van der Waals surface area (Å²) in [5.41, 5.74) is 0. The third-order valence-corrected chi connectivity index (χ3v) is 21.0. The molecule has 94 valence electrons. The van der Waals surface area contributed by atoms with Gasteiger partial charge in [-0.1, -0.05) is 39.5 Å². The molecule has 0 aromatic heterocycles. The van der Waals surface area contributed by atoms with Crippen molar-refractivity contribution < 1.29 is 4.43 Å². The van der Waals surface area contributed by atoms with Crippen molar-refractivity contribution in [3.05, 3.63) is 0 Å². The van der Waals surface area contributed by atoms with Gasteiger partial charge in [0, 0.05) is 23.7 Å². The first-order valence-electron chi connectivity index (χ1n) is 6.57.